The Hall–Kier alpha value is -0.258. The van der Waals surface area contributed by atoms with Gasteiger partial charge in [0.2, 0.25) is 0 Å². The Balaban J connectivity index is 3.81. The lowest BCUT2D eigenvalue weighted by molar-refractivity contribution is -0.130. The number of rotatable bonds is 4. The van der Waals surface area contributed by atoms with E-state index in [1.807, 2.05) is 0 Å². The van der Waals surface area contributed by atoms with Gasteiger partial charge in [-0.25, -0.2) is 0 Å². The predicted molar refractivity (Wildman–Crippen MR) is 47.6 cm³/mol. The summed E-state index contributed by atoms with van der Waals surface area (Å²) in [7, 11) is 0. The van der Waals surface area contributed by atoms with Crippen LogP contribution >= 0.6 is 0 Å². The van der Waals surface area contributed by atoms with Crippen molar-refractivity contribution in [3.63, 3.8) is 0 Å². The standard InChI is InChI=1S/C4H6O2.2C2H5.Al/c1-3(2)4(5)6;2*1-2;/h1H2,2H3,(H,5,6);2*1H2,2H3;/q;;;+1/p-1. The summed E-state index contributed by atoms with van der Waals surface area (Å²) in [5, 5.41) is 2.02. The number of carbonyl (C=O) groups excluding carboxylic acids is 1. The van der Waals surface area contributed by atoms with Crippen molar-refractivity contribution in [3.8, 4) is 0 Å². The third-order valence-corrected chi connectivity index (χ3v) is 3.90. The molecule has 0 aromatic rings. The van der Waals surface area contributed by atoms with Gasteiger partial charge in [-0.3, -0.25) is 4.79 Å². The third kappa shape index (κ3) is 4.24. The lowest BCUT2D eigenvalue weighted by Gasteiger charge is -2.09. The average molecular weight is 170 g/mol. The van der Waals surface area contributed by atoms with Gasteiger partial charge in [-0.15, -0.1) is 0 Å². The number of hydrogen-bond donors (Lipinski definition) is 0. The van der Waals surface area contributed by atoms with E-state index in [4.69, 9.17) is 3.79 Å². The molecule has 0 radical (unpaired) electrons. The Labute approximate surface area is 73.0 Å². The Morgan fingerprint density at radius 3 is 2.18 bits per heavy atom. The Morgan fingerprint density at radius 1 is 1.45 bits per heavy atom. The maximum Gasteiger partial charge on any atom is 0.548 e. The first-order valence-corrected chi connectivity index (χ1v) is 6.08. The second-order valence-corrected chi connectivity index (χ2v) is 5.74. The van der Waals surface area contributed by atoms with Gasteiger partial charge < -0.3 is 3.79 Å². The van der Waals surface area contributed by atoms with Crippen LogP contribution in [0.3, 0.4) is 0 Å². The molecule has 0 atom stereocenters. The highest BCUT2D eigenvalue weighted by molar-refractivity contribution is 6.53. The topological polar surface area (TPSA) is 26.3 Å². The van der Waals surface area contributed by atoms with E-state index >= 15 is 0 Å². The lowest BCUT2D eigenvalue weighted by atomic mass is 10.4. The van der Waals surface area contributed by atoms with E-state index in [1.54, 1.807) is 6.92 Å². The zero-order chi connectivity index (χ0) is 8.85. The van der Waals surface area contributed by atoms with Crippen LogP contribution in [0.1, 0.15) is 20.8 Å². The Bertz CT molecular complexity index is 150. The maximum absolute atomic E-state index is 11.0. The van der Waals surface area contributed by atoms with Crippen LogP contribution in [0.5, 0.6) is 0 Å². The maximum atomic E-state index is 11.0. The molecule has 0 aliphatic rings. The normalized spacial score (nSPS) is 9.00. The summed E-state index contributed by atoms with van der Waals surface area (Å²) in [6.45, 7) is 9.33. The highest BCUT2D eigenvalue weighted by Crippen LogP contribution is 2.03. The van der Waals surface area contributed by atoms with Gasteiger partial charge >= 0.3 is 14.5 Å². The van der Waals surface area contributed by atoms with Crippen LogP contribution in [0.25, 0.3) is 0 Å². The van der Waals surface area contributed by atoms with Crippen molar-refractivity contribution in [3.05, 3.63) is 12.2 Å². The van der Waals surface area contributed by atoms with Crippen LogP contribution in [0, 0.1) is 0 Å². The fourth-order valence-corrected chi connectivity index (χ4v) is 2.12. The molecule has 0 aromatic heterocycles. The van der Waals surface area contributed by atoms with Gasteiger partial charge in [-0.1, -0.05) is 31.0 Å². The van der Waals surface area contributed by atoms with E-state index in [1.165, 1.54) is 0 Å². The fraction of sp³-hybridized carbons (Fsp3) is 0.625. The van der Waals surface area contributed by atoms with Crippen molar-refractivity contribution in [2.24, 2.45) is 0 Å². The van der Waals surface area contributed by atoms with E-state index in [9.17, 15) is 4.79 Å². The van der Waals surface area contributed by atoms with Crippen molar-refractivity contribution in [1.82, 2.24) is 0 Å². The van der Waals surface area contributed by atoms with Gasteiger partial charge in [0.15, 0.2) is 0 Å². The molecule has 0 N–H and O–H groups in total. The van der Waals surface area contributed by atoms with Gasteiger partial charge in [0.05, 0.1) is 0 Å². The molecule has 0 amide bonds. The molecule has 11 heavy (non-hydrogen) atoms. The van der Waals surface area contributed by atoms with Gasteiger partial charge in [-0.05, 0) is 6.92 Å². The SMILES string of the molecule is C=C(C)C(=O)[O][Al]([CH2]C)[CH2]C. The average Bonchev–Trinajstić information content (AvgIpc) is 1.99. The van der Waals surface area contributed by atoms with Crippen molar-refractivity contribution in [2.45, 2.75) is 31.3 Å². The van der Waals surface area contributed by atoms with Crippen molar-refractivity contribution >= 4 is 20.5 Å². The molecule has 0 saturated heterocycles. The highest BCUT2D eigenvalue weighted by Gasteiger charge is 2.20. The molecule has 0 aliphatic carbocycles. The quantitative estimate of drug-likeness (QED) is 0.477. The van der Waals surface area contributed by atoms with E-state index in [-0.39, 0.29) is 5.97 Å². The first kappa shape index (κ1) is 10.7. The molecular formula is C8H15AlO2. The van der Waals surface area contributed by atoms with Crippen molar-refractivity contribution < 1.29 is 8.58 Å². The minimum Gasteiger partial charge on any atom is -0.613 e. The molecule has 0 saturated carbocycles. The van der Waals surface area contributed by atoms with Crippen LogP contribution in [0.15, 0.2) is 12.2 Å². The number of carbonyl (C=O) groups is 1. The van der Waals surface area contributed by atoms with Gasteiger partial charge in [-0.2, -0.15) is 0 Å². The minimum absolute atomic E-state index is 0.217. The number of hydrogen-bond acceptors (Lipinski definition) is 2. The fourth-order valence-electron chi connectivity index (χ4n) is 0.707. The molecule has 62 valence electrons. The highest BCUT2D eigenvalue weighted by atomic mass is 27.2. The molecule has 0 rings (SSSR count). The summed E-state index contributed by atoms with van der Waals surface area (Å²) in [5.41, 5.74) is 0.504. The van der Waals surface area contributed by atoms with Gasteiger partial charge in [0.1, 0.15) is 0 Å². The smallest absolute Gasteiger partial charge is 0.548 e. The monoisotopic (exact) mass is 170 g/mol. The summed E-state index contributed by atoms with van der Waals surface area (Å²) in [6.07, 6.45) is 0. The lowest BCUT2D eigenvalue weighted by Crippen LogP contribution is -2.20. The first-order valence-electron chi connectivity index (χ1n) is 3.98. The van der Waals surface area contributed by atoms with Crippen LogP contribution in [0.2, 0.25) is 10.6 Å². The van der Waals surface area contributed by atoms with E-state index < -0.39 is 14.5 Å². The second kappa shape index (κ2) is 5.40. The van der Waals surface area contributed by atoms with Gasteiger partial charge in [0.25, 0.3) is 5.97 Å². The van der Waals surface area contributed by atoms with Crippen LogP contribution in [0.4, 0.5) is 0 Å². The minimum atomic E-state index is -1.22. The summed E-state index contributed by atoms with van der Waals surface area (Å²) in [6, 6.07) is 0. The molecule has 2 nitrogen and oxygen atoms in total. The first-order chi connectivity index (χ1) is 5.11. The zero-order valence-corrected chi connectivity index (χ0v) is 8.67. The van der Waals surface area contributed by atoms with Gasteiger partial charge in [0, 0.05) is 5.57 Å². The van der Waals surface area contributed by atoms with Crippen molar-refractivity contribution in [2.75, 3.05) is 0 Å². The molecule has 0 fully saturated rings. The second-order valence-electron chi connectivity index (χ2n) is 2.62. The van der Waals surface area contributed by atoms with Crippen molar-refractivity contribution in [1.29, 1.82) is 0 Å². The van der Waals surface area contributed by atoms with Crippen LogP contribution in [-0.4, -0.2) is 20.5 Å². The Morgan fingerprint density at radius 2 is 1.91 bits per heavy atom. The van der Waals surface area contributed by atoms with E-state index in [2.05, 4.69) is 20.4 Å². The molecule has 0 heterocycles. The molecular weight excluding hydrogens is 155 g/mol. The van der Waals surface area contributed by atoms with E-state index in [0.29, 0.717) is 5.57 Å². The molecule has 0 aliphatic heterocycles. The summed E-state index contributed by atoms with van der Waals surface area (Å²) in [5.74, 6) is -0.217. The third-order valence-electron chi connectivity index (χ3n) is 1.53. The van der Waals surface area contributed by atoms with Crippen LogP contribution < -0.4 is 0 Å². The molecule has 0 spiro atoms. The molecule has 3 heteroatoms. The van der Waals surface area contributed by atoms with E-state index in [0.717, 1.165) is 10.6 Å². The Kier molecular flexibility index (Phi) is 5.27. The zero-order valence-electron chi connectivity index (χ0n) is 7.52. The summed E-state index contributed by atoms with van der Waals surface area (Å²) in [4.78, 5) is 11.0. The van der Waals surface area contributed by atoms with Crippen LogP contribution in [-0.2, 0) is 8.58 Å². The summed E-state index contributed by atoms with van der Waals surface area (Å²) >= 11 is -1.22. The predicted octanol–water partition coefficient (Wildman–Crippen LogP) is 2.14. The molecule has 0 bridgehead atoms. The largest absolute Gasteiger partial charge is 0.613 e. The molecule has 0 unspecified atom stereocenters. The summed E-state index contributed by atoms with van der Waals surface area (Å²) < 4.78 is 5.21. The molecule has 0 aromatic carbocycles.